The maximum absolute atomic E-state index is 12.4. The third kappa shape index (κ3) is 2.38. The monoisotopic (exact) mass is 246 g/mol. The van der Waals surface area contributed by atoms with E-state index < -0.39 is 0 Å². The fraction of sp³-hybridized carbons (Fsp3) is 0.357. The molecule has 0 saturated heterocycles. The summed E-state index contributed by atoms with van der Waals surface area (Å²) in [4.78, 5) is 17.3. The Hall–Kier alpha value is -1.81. The van der Waals surface area contributed by atoms with Gasteiger partial charge in [-0.1, -0.05) is 18.2 Å². The molecule has 96 valence electrons. The van der Waals surface area contributed by atoms with Crippen LogP contribution in [0.4, 0.5) is 0 Å². The number of methoxy groups -OCH3 is 1. The van der Waals surface area contributed by atoms with E-state index in [0.717, 1.165) is 16.5 Å². The van der Waals surface area contributed by atoms with Gasteiger partial charge in [0, 0.05) is 37.3 Å². The lowest BCUT2D eigenvalue weighted by Crippen LogP contribution is -2.33. The number of ether oxygens (including phenoxy) is 1. The highest BCUT2D eigenvalue weighted by Gasteiger charge is 2.17. The molecule has 0 bridgehead atoms. The van der Waals surface area contributed by atoms with E-state index in [4.69, 9.17) is 4.74 Å². The molecule has 1 aromatic carbocycles. The van der Waals surface area contributed by atoms with Crippen LogP contribution in [0.2, 0.25) is 0 Å². The van der Waals surface area contributed by atoms with Crippen molar-refractivity contribution in [2.45, 2.75) is 6.92 Å². The Bertz CT molecular complexity index is 533. The van der Waals surface area contributed by atoms with Gasteiger partial charge in [0.2, 0.25) is 0 Å². The Morgan fingerprint density at radius 2 is 2.17 bits per heavy atom. The normalized spacial score (nSPS) is 10.8. The highest BCUT2D eigenvalue weighted by Crippen LogP contribution is 2.19. The molecule has 2 rings (SSSR count). The number of carbonyl (C=O) groups excluding carboxylic acids is 1. The number of para-hydroxylation sites is 1. The van der Waals surface area contributed by atoms with E-state index >= 15 is 0 Å². The minimum atomic E-state index is 0.0481. The standard InChI is InChI=1S/C14H18N2O2/c1-3-16(8-9-18-2)14(17)12-10-15-13-7-5-4-6-11(12)13/h4-7,10,15H,3,8-9H2,1-2H3. The Morgan fingerprint density at radius 1 is 1.39 bits per heavy atom. The van der Waals surface area contributed by atoms with Crippen molar-refractivity contribution in [3.8, 4) is 0 Å². The molecule has 0 aliphatic rings. The number of aromatic amines is 1. The minimum Gasteiger partial charge on any atom is -0.383 e. The number of benzene rings is 1. The zero-order valence-corrected chi connectivity index (χ0v) is 10.8. The van der Waals surface area contributed by atoms with Gasteiger partial charge >= 0.3 is 0 Å². The lowest BCUT2D eigenvalue weighted by atomic mass is 10.1. The van der Waals surface area contributed by atoms with Crippen molar-refractivity contribution < 1.29 is 9.53 Å². The van der Waals surface area contributed by atoms with Crippen LogP contribution in [0.3, 0.4) is 0 Å². The molecular formula is C14H18N2O2. The fourth-order valence-corrected chi connectivity index (χ4v) is 2.02. The zero-order chi connectivity index (χ0) is 13.0. The van der Waals surface area contributed by atoms with Gasteiger partial charge in [0.15, 0.2) is 0 Å². The molecule has 18 heavy (non-hydrogen) atoms. The van der Waals surface area contributed by atoms with Gasteiger partial charge < -0.3 is 14.6 Å². The number of hydrogen-bond donors (Lipinski definition) is 1. The molecule has 1 N–H and O–H groups in total. The van der Waals surface area contributed by atoms with Crippen molar-refractivity contribution in [3.63, 3.8) is 0 Å². The van der Waals surface area contributed by atoms with Crippen LogP contribution in [-0.4, -0.2) is 42.6 Å². The number of carbonyl (C=O) groups is 1. The van der Waals surface area contributed by atoms with Crippen LogP contribution in [0, 0.1) is 0 Å². The van der Waals surface area contributed by atoms with Crippen LogP contribution >= 0.6 is 0 Å². The Balaban J connectivity index is 2.26. The molecule has 1 heterocycles. The molecule has 2 aromatic rings. The van der Waals surface area contributed by atoms with Crippen molar-refractivity contribution in [2.24, 2.45) is 0 Å². The number of aromatic nitrogens is 1. The SMILES string of the molecule is CCN(CCOC)C(=O)c1c[nH]c2ccccc12. The maximum Gasteiger partial charge on any atom is 0.256 e. The molecule has 1 aromatic heterocycles. The summed E-state index contributed by atoms with van der Waals surface area (Å²) in [7, 11) is 1.64. The number of H-pyrrole nitrogens is 1. The topological polar surface area (TPSA) is 45.3 Å². The molecule has 0 aliphatic heterocycles. The van der Waals surface area contributed by atoms with Gasteiger partial charge in [-0.15, -0.1) is 0 Å². The number of hydrogen-bond acceptors (Lipinski definition) is 2. The molecule has 0 aliphatic carbocycles. The zero-order valence-electron chi connectivity index (χ0n) is 10.8. The van der Waals surface area contributed by atoms with Crippen LogP contribution < -0.4 is 0 Å². The van der Waals surface area contributed by atoms with E-state index in [1.165, 1.54) is 0 Å². The number of likely N-dealkylation sites (N-methyl/N-ethyl adjacent to an activating group) is 1. The highest BCUT2D eigenvalue weighted by molar-refractivity contribution is 6.06. The lowest BCUT2D eigenvalue weighted by Gasteiger charge is -2.19. The first kappa shape index (κ1) is 12.6. The van der Waals surface area contributed by atoms with Gasteiger partial charge in [0.05, 0.1) is 12.2 Å². The van der Waals surface area contributed by atoms with Gasteiger partial charge in [-0.3, -0.25) is 4.79 Å². The van der Waals surface area contributed by atoms with Gasteiger partial charge in [-0.2, -0.15) is 0 Å². The number of amides is 1. The summed E-state index contributed by atoms with van der Waals surface area (Å²) in [5.41, 5.74) is 1.71. The molecule has 0 radical (unpaired) electrons. The maximum atomic E-state index is 12.4. The van der Waals surface area contributed by atoms with E-state index in [-0.39, 0.29) is 5.91 Å². The second-order valence-corrected chi connectivity index (χ2v) is 4.13. The van der Waals surface area contributed by atoms with Crippen LogP contribution in [0.15, 0.2) is 30.5 Å². The quantitative estimate of drug-likeness (QED) is 0.879. The third-order valence-corrected chi connectivity index (χ3v) is 3.05. The van der Waals surface area contributed by atoms with Crippen LogP contribution in [0.5, 0.6) is 0 Å². The first-order valence-corrected chi connectivity index (χ1v) is 6.12. The Labute approximate surface area is 107 Å². The Kier molecular flexibility index (Phi) is 3.99. The van der Waals surface area contributed by atoms with Crippen molar-refractivity contribution in [3.05, 3.63) is 36.0 Å². The molecule has 0 unspecified atom stereocenters. The molecule has 4 heteroatoms. The number of rotatable bonds is 5. The van der Waals surface area contributed by atoms with Gasteiger partial charge in [-0.05, 0) is 13.0 Å². The van der Waals surface area contributed by atoms with Gasteiger partial charge in [0.25, 0.3) is 5.91 Å². The van der Waals surface area contributed by atoms with Crippen LogP contribution in [0.25, 0.3) is 10.9 Å². The van der Waals surface area contributed by atoms with Crippen molar-refractivity contribution >= 4 is 16.8 Å². The van der Waals surface area contributed by atoms with E-state index in [0.29, 0.717) is 19.7 Å². The second-order valence-electron chi connectivity index (χ2n) is 4.13. The predicted octanol–water partition coefficient (Wildman–Crippen LogP) is 2.28. The van der Waals surface area contributed by atoms with Crippen LogP contribution in [0.1, 0.15) is 17.3 Å². The van der Waals surface area contributed by atoms with Gasteiger partial charge in [-0.25, -0.2) is 0 Å². The smallest absolute Gasteiger partial charge is 0.256 e. The summed E-state index contributed by atoms with van der Waals surface area (Å²) >= 11 is 0. The van der Waals surface area contributed by atoms with Crippen molar-refractivity contribution in [2.75, 3.05) is 26.8 Å². The summed E-state index contributed by atoms with van der Waals surface area (Å²) in [5.74, 6) is 0.0481. The predicted molar refractivity (Wildman–Crippen MR) is 71.8 cm³/mol. The summed E-state index contributed by atoms with van der Waals surface area (Å²) in [6, 6.07) is 7.83. The molecule has 0 spiro atoms. The largest absolute Gasteiger partial charge is 0.383 e. The van der Waals surface area contributed by atoms with E-state index in [1.54, 1.807) is 18.2 Å². The molecule has 1 amide bonds. The molecule has 0 fully saturated rings. The average Bonchev–Trinajstić information content (AvgIpc) is 2.83. The van der Waals surface area contributed by atoms with E-state index in [9.17, 15) is 4.79 Å². The summed E-state index contributed by atoms with van der Waals surface area (Å²) < 4.78 is 5.03. The molecular weight excluding hydrogens is 228 g/mol. The molecule has 0 atom stereocenters. The summed E-state index contributed by atoms with van der Waals surface area (Å²) in [5, 5.41) is 0.971. The summed E-state index contributed by atoms with van der Waals surface area (Å²) in [6.07, 6.45) is 1.78. The lowest BCUT2D eigenvalue weighted by molar-refractivity contribution is 0.0708. The Morgan fingerprint density at radius 3 is 2.89 bits per heavy atom. The first-order valence-electron chi connectivity index (χ1n) is 6.12. The number of fused-ring (bicyclic) bond motifs is 1. The molecule has 0 saturated carbocycles. The third-order valence-electron chi connectivity index (χ3n) is 3.05. The summed E-state index contributed by atoms with van der Waals surface area (Å²) in [6.45, 7) is 3.83. The second kappa shape index (κ2) is 5.69. The highest BCUT2D eigenvalue weighted by atomic mass is 16.5. The average molecular weight is 246 g/mol. The van der Waals surface area contributed by atoms with Gasteiger partial charge in [0.1, 0.15) is 0 Å². The number of nitrogens with one attached hydrogen (secondary N) is 1. The van der Waals surface area contributed by atoms with E-state index in [2.05, 4.69) is 4.98 Å². The van der Waals surface area contributed by atoms with E-state index in [1.807, 2.05) is 31.2 Å². The fourth-order valence-electron chi connectivity index (χ4n) is 2.02. The number of nitrogens with zero attached hydrogens (tertiary/aromatic N) is 1. The first-order chi connectivity index (χ1) is 8.77. The van der Waals surface area contributed by atoms with Crippen molar-refractivity contribution in [1.82, 2.24) is 9.88 Å². The molecule has 4 nitrogen and oxygen atoms in total. The van der Waals surface area contributed by atoms with Crippen LogP contribution in [-0.2, 0) is 4.74 Å². The minimum absolute atomic E-state index is 0.0481. The van der Waals surface area contributed by atoms with Crippen molar-refractivity contribution in [1.29, 1.82) is 0 Å².